The molecule has 0 fully saturated rings. The zero-order valence-electron chi connectivity index (χ0n) is 9.25. The van der Waals surface area contributed by atoms with Crippen molar-refractivity contribution in [2.45, 2.75) is 39.7 Å². The first-order valence-corrected chi connectivity index (χ1v) is 5.15. The molecule has 0 radical (unpaired) electrons. The Morgan fingerprint density at radius 2 is 2.14 bits per heavy atom. The van der Waals surface area contributed by atoms with Gasteiger partial charge < -0.3 is 15.2 Å². The largest absolute Gasteiger partial charge is 0.444 e. The normalized spacial score (nSPS) is 12.6. The van der Waals surface area contributed by atoms with Gasteiger partial charge >= 0.3 is 6.09 Å². The number of amides is 1. The van der Waals surface area contributed by atoms with Crippen LogP contribution in [0.2, 0.25) is 0 Å². The molecule has 2 N–H and O–H groups in total. The zero-order valence-corrected chi connectivity index (χ0v) is 9.25. The van der Waals surface area contributed by atoms with Gasteiger partial charge in [-0.05, 0) is 18.8 Å². The molecule has 0 aliphatic heterocycles. The molecule has 1 atom stereocenters. The number of hydrogen-bond acceptors (Lipinski definition) is 3. The summed E-state index contributed by atoms with van der Waals surface area (Å²) in [7, 11) is 0. The lowest BCUT2D eigenvalue weighted by Gasteiger charge is -2.14. The average Bonchev–Trinajstić information content (AvgIpc) is 2.13. The minimum Gasteiger partial charge on any atom is -0.444 e. The third-order valence-corrected chi connectivity index (χ3v) is 1.92. The fraction of sp³-hybridized carbons (Fsp3) is 0.900. The Morgan fingerprint density at radius 1 is 1.50 bits per heavy atom. The number of hydrogen-bond donors (Lipinski definition) is 2. The van der Waals surface area contributed by atoms with E-state index in [0.29, 0.717) is 18.9 Å². The van der Waals surface area contributed by atoms with E-state index in [1.165, 1.54) is 0 Å². The Bertz CT molecular complexity index is 155. The second kappa shape index (κ2) is 7.62. The second-order valence-electron chi connectivity index (χ2n) is 3.73. The first kappa shape index (κ1) is 13.2. The van der Waals surface area contributed by atoms with Crippen LogP contribution in [0.4, 0.5) is 4.79 Å². The van der Waals surface area contributed by atoms with Crippen molar-refractivity contribution in [2.75, 3.05) is 13.2 Å². The lowest BCUT2D eigenvalue weighted by molar-refractivity contribution is 0.0554. The van der Waals surface area contributed by atoms with E-state index in [-0.39, 0.29) is 12.7 Å². The highest BCUT2D eigenvalue weighted by atomic mass is 16.6. The molecule has 0 heterocycles. The molecule has 0 spiro atoms. The van der Waals surface area contributed by atoms with Gasteiger partial charge in [0.2, 0.25) is 0 Å². The SMILES string of the molecule is CCC(CO)OC(=O)NCCC(C)C. The Kier molecular flexibility index (Phi) is 7.20. The van der Waals surface area contributed by atoms with Gasteiger partial charge in [-0.15, -0.1) is 0 Å². The van der Waals surface area contributed by atoms with E-state index >= 15 is 0 Å². The van der Waals surface area contributed by atoms with E-state index in [1.807, 2.05) is 6.92 Å². The topological polar surface area (TPSA) is 58.6 Å². The number of carbonyl (C=O) groups is 1. The zero-order chi connectivity index (χ0) is 11.0. The van der Waals surface area contributed by atoms with Crippen molar-refractivity contribution in [2.24, 2.45) is 5.92 Å². The summed E-state index contributed by atoms with van der Waals surface area (Å²) in [5.41, 5.74) is 0. The van der Waals surface area contributed by atoms with E-state index < -0.39 is 6.09 Å². The van der Waals surface area contributed by atoms with Crippen LogP contribution >= 0.6 is 0 Å². The van der Waals surface area contributed by atoms with E-state index in [4.69, 9.17) is 9.84 Å². The lowest BCUT2D eigenvalue weighted by atomic mass is 10.1. The van der Waals surface area contributed by atoms with Gasteiger partial charge in [0.25, 0.3) is 0 Å². The van der Waals surface area contributed by atoms with E-state index in [2.05, 4.69) is 19.2 Å². The number of rotatable bonds is 6. The first-order chi connectivity index (χ1) is 6.60. The van der Waals surface area contributed by atoms with Crippen molar-refractivity contribution in [1.82, 2.24) is 5.32 Å². The number of aliphatic hydroxyl groups is 1. The molecule has 0 aromatic carbocycles. The van der Waals surface area contributed by atoms with Crippen molar-refractivity contribution in [3.8, 4) is 0 Å². The molecule has 0 aromatic rings. The summed E-state index contributed by atoms with van der Waals surface area (Å²) in [5.74, 6) is 0.565. The standard InChI is InChI=1S/C10H21NO3/c1-4-9(7-12)14-10(13)11-6-5-8(2)3/h8-9,12H,4-7H2,1-3H3,(H,11,13). The molecule has 4 nitrogen and oxygen atoms in total. The summed E-state index contributed by atoms with van der Waals surface area (Å²) < 4.78 is 4.93. The molecule has 4 heteroatoms. The van der Waals surface area contributed by atoms with Crippen LogP contribution in [0.5, 0.6) is 0 Å². The molecule has 0 aromatic heterocycles. The Balaban J connectivity index is 3.54. The molecule has 0 saturated heterocycles. The van der Waals surface area contributed by atoms with Gasteiger partial charge in [0, 0.05) is 6.54 Å². The van der Waals surface area contributed by atoms with Crippen molar-refractivity contribution >= 4 is 6.09 Å². The van der Waals surface area contributed by atoms with Crippen LogP contribution in [-0.4, -0.2) is 30.5 Å². The van der Waals surface area contributed by atoms with Crippen LogP contribution in [0.3, 0.4) is 0 Å². The van der Waals surface area contributed by atoms with Crippen LogP contribution in [0.25, 0.3) is 0 Å². The van der Waals surface area contributed by atoms with Gasteiger partial charge in [0.15, 0.2) is 0 Å². The lowest BCUT2D eigenvalue weighted by Crippen LogP contribution is -2.31. The van der Waals surface area contributed by atoms with Crippen LogP contribution in [0.1, 0.15) is 33.6 Å². The first-order valence-electron chi connectivity index (χ1n) is 5.15. The summed E-state index contributed by atoms with van der Waals surface area (Å²) in [6.45, 7) is 6.56. The molecule has 0 aliphatic rings. The third-order valence-electron chi connectivity index (χ3n) is 1.92. The fourth-order valence-corrected chi connectivity index (χ4v) is 0.906. The number of alkyl carbamates (subject to hydrolysis) is 1. The van der Waals surface area contributed by atoms with Crippen molar-refractivity contribution in [3.63, 3.8) is 0 Å². The Morgan fingerprint density at radius 3 is 2.57 bits per heavy atom. The fourth-order valence-electron chi connectivity index (χ4n) is 0.906. The maximum Gasteiger partial charge on any atom is 0.407 e. The van der Waals surface area contributed by atoms with Crippen LogP contribution in [0.15, 0.2) is 0 Å². The third kappa shape index (κ3) is 6.71. The van der Waals surface area contributed by atoms with Crippen LogP contribution in [0, 0.1) is 5.92 Å². The summed E-state index contributed by atoms with van der Waals surface area (Å²) in [4.78, 5) is 11.1. The number of nitrogens with one attached hydrogen (secondary N) is 1. The summed E-state index contributed by atoms with van der Waals surface area (Å²) >= 11 is 0. The monoisotopic (exact) mass is 203 g/mol. The summed E-state index contributed by atoms with van der Waals surface area (Å²) in [5, 5.41) is 11.4. The molecule has 0 saturated carbocycles. The number of aliphatic hydroxyl groups excluding tert-OH is 1. The molecule has 14 heavy (non-hydrogen) atoms. The van der Waals surface area contributed by atoms with Gasteiger partial charge in [0.05, 0.1) is 6.61 Å². The molecule has 0 bridgehead atoms. The van der Waals surface area contributed by atoms with E-state index in [0.717, 1.165) is 6.42 Å². The summed E-state index contributed by atoms with van der Waals surface area (Å²) in [6.07, 6.45) is 0.750. The van der Waals surface area contributed by atoms with Crippen molar-refractivity contribution in [3.05, 3.63) is 0 Å². The Labute approximate surface area is 85.6 Å². The van der Waals surface area contributed by atoms with E-state index in [1.54, 1.807) is 0 Å². The highest BCUT2D eigenvalue weighted by Gasteiger charge is 2.10. The summed E-state index contributed by atoms with van der Waals surface area (Å²) in [6, 6.07) is 0. The minimum atomic E-state index is -0.438. The number of carbonyl (C=O) groups excluding carboxylic acids is 1. The van der Waals surface area contributed by atoms with Gasteiger partial charge in [-0.3, -0.25) is 0 Å². The van der Waals surface area contributed by atoms with Gasteiger partial charge in [0.1, 0.15) is 6.10 Å². The molecule has 1 amide bonds. The molecule has 0 aliphatic carbocycles. The van der Waals surface area contributed by atoms with E-state index in [9.17, 15) is 4.79 Å². The van der Waals surface area contributed by atoms with Gasteiger partial charge in [-0.2, -0.15) is 0 Å². The highest BCUT2D eigenvalue weighted by molar-refractivity contribution is 5.67. The minimum absolute atomic E-state index is 0.117. The van der Waals surface area contributed by atoms with Gasteiger partial charge in [-0.25, -0.2) is 4.79 Å². The molecular weight excluding hydrogens is 182 g/mol. The smallest absolute Gasteiger partial charge is 0.407 e. The second-order valence-corrected chi connectivity index (χ2v) is 3.73. The highest BCUT2D eigenvalue weighted by Crippen LogP contribution is 1.99. The average molecular weight is 203 g/mol. The predicted octanol–water partition coefficient (Wildman–Crippen LogP) is 1.53. The van der Waals surface area contributed by atoms with Crippen molar-refractivity contribution in [1.29, 1.82) is 0 Å². The van der Waals surface area contributed by atoms with Crippen molar-refractivity contribution < 1.29 is 14.6 Å². The maximum atomic E-state index is 11.1. The Hall–Kier alpha value is -0.770. The molecule has 1 unspecified atom stereocenters. The van der Waals surface area contributed by atoms with Crippen LogP contribution < -0.4 is 5.32 Å². The van der Waals surface area contributed by atoms with Gasteiger partial charge in [-0.1, -0.05) is 20.8 Å². The molecular formula is C10H21NO3. The molecule has 0 rings (SSSR count). The molecule has 84 valence electrons. The van der Waals surface area contributed by atoms with Crippen LogP contribution in [-0.2, 0) is 4.74 Å². The predicted molar refractivity (Wildman–Crippen MR) is 55.1 cm³/mol. The maximum absolute atomic E-state index is 11.1. The quantitative estimate of drug-likeness (QED) is 0.688. The number of ether oxygens (including phenoxy) is 1.